The van der Waals surface area contributed by atoms with Crippen molar-refractivity contribution in [2.24, 2.45) is 0 Å². The Kier molecular flexibility index (Phi) is 3.80. The molecule has 28 heavy (non-hydrogen) atoms. The number of hydrogen-bond acceptors (Lipinski definition) is 1. The van der Waals surface area contributed by atoms with Gasteiger partial charge in [0.1, 0.15) is 0 Å². The van der Waals surface area contributed by atoms with Crippen LogP contribution in [-0.4, -0.2) is 0 Å². The SMILES string of the molecule is Cc1ccc2c(c1)C1Cc3ccccc3C1N2Cc1ccccc1C(F)(F)F. The van der Waals surface area contributed by atoms with Crippen molar-refractivity contribution in [1.29, 1.82) is 0 Å². The van der Waals surface area contributed by atoms with Gasteiger partial charge in [-0.2, -0.15) is 13.2 Å². The molecule has 0 fully saturated rings. The van der Waals surface area contributed by atoms with E-state index in [0.29, 0.717) is 11.5 Å². The molecule has 5 rings (SSSR count). The first-order valence-corrected chi connectivity index (χ1v) is 9.53. The molecule has 1 aliphatic heterocycles. The molecular weight excluding hydrogens is 359 g/mol. The highest BCUT2D eigenvalue weighted by molar-refractivity contribution is 5.67. The normalized spacial score (nSPS) is 20.1. The number of rotatable bonds is 2. The Morgan fingerprint density at radius 2 is 1.68 bits per heavy atom. The van der Waals surface area contributed by atoms with Gasteiger partial charge in [-0.3, -0.25) is 0 Å². The van der Waals surface area contributed by atoms with Gasteiger partial charge in [-0.05, 0) is 47.7 Å². The van der Waals surface area contributed by atoms with Gasteiger partial charge in [0.05, 0.1) is 11.6 Å². The van der Waals surface area contributed by atoms with Crippen molar-refractivity contribution in [3.63, 3.8) is 0 Å². The minimum atomic E-state index is -4.35. The van der Waals surface area contributed by atoms with E-state index < -0.39 is 11.7 Å². The lowest BCUT2D eigenvalue weighted by Crippen LogP contribution is -2.26. The van der Waals surface area contributed by atoms with E-state index >= 15 is 0 Å². The van der Waals surface area contributed by atoms with Crippen molar-refractivity contribution in [3.8, 4) is 0 Å². The van der Waals surface area contributed by atoms with Crippen molar-refractivity contribution in [2.45, 2.75) is 38.0 Å². The largest absolute Gasteiger partial charge is 0.416 e. The predicted octanol–water partition coefficient (Wildman–Crippen LogP) is 6.42. The summed E-state index contributed by atoms with van der Waals surface area (Å²) < 4.78 is 40.7. The summed E-state index contributed by atoms with van der Waals surface area (Å²) in [6, 6.07) is 20.7. The second-order valence-corrected chi connectivity index (χ2v) is 7.80. The molecule has 0 radical (unpaired) electrons. The van der Waals surface area contributed by atoms with Gasteiger partial charge < -0.3 is 4.90 Å². The van der Waals surface area contributed by atoms with Crippen LogP contribution in [0.25, 0.3) is 0 Å². The Balaban J connectivity index is 1.63. The maximum atomic E-state index is 13.6. The molecule has 0 amide bonds. The Hall–Kier alpha value is -2.75. The molecular formula is C24H20F3N. The van der Waals surface area contributed by atoms with Crippen LogP contribution in [0.3, 0.4) is 0 Å². The number of hydrogen-bond donors (Lipinski definition) is 0. The van der Waals surface area contributed by atoms with Crippen molar-refractivity contribution in [1.82, 2.24) is 0 Å². The van der Waals surface area contributed by atoms with Crippen molar-refractivity contribution in [2.75, 3.05) is 4.90 Å². The molecule has 0 bridgehead atoms. The maximum Gasteiger partial charge on any atom is 0.416 e. The highest BCUT2D eigenvalue weighted by atomic mass is 19.4. The molecule has 1 aliphatic carbocycles. The second kappa shape index (κ2) is 6.13. The first-order chi connectivity index (χ1) is 13.4. The highest BCUT2D eigenvalue weighted by Gasteiger charge is 2.45. The van der Waals surface area contributed by atoms with E-state index in [1.54, 1.807) is 12.1 Å². The fraction of sp³-hybridized carbons (Fsp3) is 0.250. The number of benzene rings is 3. The first kappa shape index (κ1) is 17.4. The summed E-state index contributed by atoms with van der Waals surface area (Å²) in [6.07, 6.45) is -3.41. The predicted molar refractivity (Wildman–Crippen MR) is 104 cm³/mol. The lowest BCUT2D eigenvalue weighted by Gasteiger charge is -2.29. The molecule has 1 nitrogen and oxygen atoms in total. The zero-order valence-electron chi connectivity index (χ0n) is 15.5. The standard InChI is InChI=1S/C24H20F3N/c1-15-10-11-22-19(12-15)20-13-16-6-2-4-8-18(16)23(20)28(22)14-17-7-3-5-9-21(17)24(25,26)27/h2-12,20,23H,13-14H2,1H3. The van der Waals surface area contributed by atoms with Gasteiger partial charge in [0.25, 0.3) is 0 Å². The molecule has 2 unspecified atom stereocenters. The lowest BCUT2D eigenvalue weighted by atomic mass is 9.94. The van der Waals surface area contributed by atoms with Gasteiger partial charge >= 0.3 is 6.18 Å². The number of fused-ring (bicyclic) bond motifs is 5. The molecule has 0 saturated carbocycles. The molecule has 1 heterocycles. The van der Waals surface area contributed by atoms with E-state index in [9.17, 15) is 13.2 Å². The number of halogens is 3. The zero-order valence-corrected chi connectivity index (χ0v) is 15.5. The molecule has 0 N–H and O–H groups in total. The van der Waals surface area contributed by atoms with Crippen LogP contribution in [0.5, 0.6) is 0 Å². The third-order valence-corrected chi connectivity index (χ3v) is 6.09. The van der Waals surface area contributed by atoms with Crippen LogP contribution in [0.1, 0.15) is 45.3 Å². The third kappa shape index (κ3) is 2.62. The summed E-state index contributed by atoms with van der Waals surface area (Å²) in [5, 5.41) is 0. The van der Waals surface area contributed by atoms with E-state index in [0.717, 1.165) is 12.1 Å². The molecule has 142 valence electrons. The topological polar surface area (TPSA) is 3.24 Å². The van der Waals surface area contributed by atoms with Crippen molar-refractivity contribution in [3.05, 3.63) is 100 Å². The Morgan fingerprint density at radius 1 is 0.929 bits per heavy atom. The van der Waals surface area contributed by atoms with Crippen LogP contribution < -0.4 is 4.90 Å². The summed E-state index contributed by atoms with van der Waals surface area (Å²) in [6.45, 7) is 2.32. The number of aryl methyl sites for hydroxylation is 1. The molecule has 0 spiro atoms. The van der Waals surface area contributed by atoms with E-state index in [-0.39, 0.29) is 12.6 Å². The van der Waals surface area contributed by atoms with E-state index in [1.807, 2.05) is 12.1 Å². The molecule has 2 aliphatic rings. The van der Waals surface area contributed by atoms with Crippen molar-refractivity contribution >= 4 is 5.69 Å². The number of alkyl halides is 3. The van der Waals surface area contributed by atoms with E-state index in [1.165, 1.54) is 34.4 Å². The van der Waals surface area contributed by atoms with Crippen LogP contribution >= 0.6 is 0 Å². The zero-order chi connectivity index (χ0) is 19.5. The number of anilines is 1. The summed E-state index contributed by atoms with van der Waals surface area (Å²) in [7, 11) is 0. The maximum absolute atomic E-state index is 13.6. The monoisotopic (exact) mass is 379 g/mol. The quantitative estimate of drug-likeness (QED) is 0.497. The Morgan fingerprint density at radius 3 is 2.50 bits per heavy atom. The van der Waals surface area contributed by atoms with Gasteiger partial charge in [0.15, 0.2) is 0 Å². The van der Waals surface area contributed by atoms with Gasteiger partial charge in [0.2, 0.25) is 0 Å². The fourth-order valence-corrected chi connectivity index (χ4v) is 4.92. The van der Waals surface area contributed by atoms with Crippen LogP contribution in [-0.2, 0) is 19.1 Å². The minimum Gasteiger partial charge on any atom is -0.359 e. The minimum absolute atomic E-state index is 0.0919. The lowest BCUT2D eigenvalue weighted by molar-refractivity contribution is -0.138. The molecule has 0 aromatic heterocycles. The summed E-state index contributed by atoms with van der Waals surface area (Å²) >= 11 is 0. The second-order valence-electron chi connectivity index (χ2n) is 7.80. The summed E-state index contributed by atoms with van der Waals surface area (Å²) in [5.41, 5.74) is 5.83. The fourth-order valence-electron chi connectivity index (χ4n) is 4.92. The van der Waals surface area contributed by atoms with Gasteiger partial charge in [-0.25, -0.2) is 0 Å². The summed E-state index contributed by atoms with van der Waals surface area (Å²) in [5.74, 6) is 0.297. The van der Waals surface area contributed by atoms with Gasteiger partial charge in [0, 0.05) is 18.2 Å². The van der Waals surface area contributed by atoms with E-state index in [4.69, 9.17) is 0 Å². The smallest absolute Gasteiger partial charge is 0.359 e. The van der Waals surface area contributed by atoms with Crippen LogP contribution in [0.15, 0.2) is 66.7 Å². The molecule has 3 aromatic carbocycles. The third-order valence-electron chi connectivity index (χ3n) is 6.09. The Bertz CT molecular complexity index is 1050. The average Bonchev–Trinajstić information content (AvgIpc) is 3.17. The highest BCUT2D eigenvalue weighted by Crippen LogP contribution is 2.56. The average molecular weight is 379 g/mol. The molecule has 3 aromatic rings. The van der Waals surface area contributed by atoms with Crippen LogP contribution in [0, 0.1) is 6.92 Å². The molecule has 2 atom stereocenters. The molecule has 4 heteroatoms. The number of nitrogens with zero attached hydrogens (tertiary/aromatic N) is 1. The van der Waals surface area contributed by atoms with Crippen LogP contribution in [0.2, 0.25) is 0 Å². The molecule has 0 saturated heterocycles. The van der Waals surface area contributed by atoms with Gasteiger partial charge in [-0.15, -0.1) is 0 Å². The van der Waals surface area contributed by atoms with Gasteiger partial charge in [-0.1, -0.05) is 60.2 Å². The Labute approximate surface area is 162 Å². The summed E-state index contributed by atoms with van der Waals surface area (Å²) in [4.78, 5) is 2.18. The first-order valence-electron chi connectivity index (χ1n) is 9.53. The van der Waals surface area contributed by atoms with Crippen LogP contribution in [0.4, 0.5) is 18.9 Å². The van der Waals surface area contributed by atoms with E-state index in [2.05, 4.69) is 42.2 Å². The van der Waals surface area contributed by atoms with Crippen molar-refractivity contribution < 1.29 is 13.2 Å².